The molecule has 0 saturated heterocycles. The fourth-order valence-corrected chi connectivity index (χ4v) is 1.96. The summed E-state index contributed by atoms with van der Waals surface area (Å²) >= 11 is 0. The molecule has 0 spiro atoms. The summed E-state index contributed by atoms with van der Waals surface area (Å²) in [6.07, 6.45) is 2.21. The van der Waals surface area contributed by atoms with Gasteiger partial charge in [-0.25, -0.2) is 8.78 Å². The van der Waals surface area contributed by atoms with Gasteiger partial charge in [0.25, 0.3) is 0 Å². The monoisotopic (exact) mass is 281 g/mol. The number of nitrogens with zero attached hydrogens (tertiary/aromatic N) is 2. The van der Waals surface area contributed by atoms with Crippen molar-refractivity contribution in [1.29, 1.82) is 0 Å². The molecular weight excluding hydrogens is 264 g/mol. The summed E-state index contributed by atoms with van der Waals surface area (Å²) in [5, 5.41) is 6.86. The molecule has 0 fully saturated rings. The van der Waals surface area contributed by atoms with E-state index >= 15 is 0 Å². The zero-order chi connectivity index (χ0) is 14.5. The molecular formula is C14H17F2N3O. The van der Waals surface area contributed by atoms with Crippen LogP contribution in [0.4, 0.5) is 8.78 Å². The molecule has 6 heteroatoms. The van der Waals surface area contributed by atoms with Crippen LogP contribution in [0.5, 0.6) is 5.75 Å². The lowest BCUT2D eigenvalue weighted by Crippen LogP contribution is -2.09. The van der Waals surface area contributed by atoms with Crippen molar-refractivity contribution in [3.05, 3.63) is 47.3 Å². The molecule has 0 amide bonds. The van der Waals surface area contributed by atoms with E-state index in [2.05, 4.69) is 10.4 Å². The Balaban J connectivity index is 2.01. The van der Waals surface area contributed by atoms with Crippen LogP contribution in [0.25, 0.3) is 0 Å². The molecule has 1 N–H and O–H groups in total. The Morgan fingerprint density at radius 3 is 2.55 bits per heavy atom. The highest BCUT2D eigenvalue weighted by atomic mass is 19.1. The molecule has 2 aromatic rings. The second-order valence-corrected chi connectivity index (χ2v) is 4.46. The Hall–Kier alpha value is -1.95. The highest BCUT2D eigenvalue weighted by Crippen LogP contribution is 2.23. The van der Waals surface area contributed by atoms with Crippen molar-refractivity contribution in [2.45, 2.75) is 13.0 Å². The third-order valence-electron chi connectivity index (χ3n) is 2.97. The molecule has 0 saturated carbocycles. The minimum absolute atomic E-state index is 0.193. The number of aromatic nitrogens is 2. The first-order chi connectivity index (χ1) is 9.61. The van der Waals surface area contributed by atoms with Crippen molar-refractivity contribution in [3.8, 4) is 5.75 Å². The molecule has 2 rings (SSSR count). The zero-order valence-corrected chi connectivity index (χ0v) is 11.5. The lowest BCUT2D eigenvalue weighted by molar-refractivity contribution is 0.285. The quantitative estimate of drug-likeness (QED) is 0.880. The van der Waals surface area contributed by atoms with E-state index in [9.17, 15) is 8.78 Å². The molecule has 1 aromatic heterocycles. The van der Waals surface area contributed by atoms with E-state index in [-0.39, 0.29) is 12.4 Å². The lowest BCUT2D eigenvalue weighted by Gasteiger charge is -2.10. The maximum absolute atomic E-state index is 13.8. The van der Waals surface area contributed by atoms with Gasteiger partial charge < -0.3 is 10.1 Å². The van der Waals surface area contributed by atoms with Crippen LogP contribution >= 0.6 is 0 Å². The Morgan fingerprint density at radius 1 is 1.30 bits per heavy atom. The number of halogens is 2. The third-order valence-corrected chi connectivity index (χ3v) is 2.97. The van der Waals surface area contributed by atoms with E-state index in [1.165, 1.54) is 12.1 Å². The van der Waals surface area contributed by atoms with Gasteiger partial charge in [0.05, 0.1) is 6.61 Å². The molecule has 4 nitrogen and oxygen atoms in total. The van der Waals surface area contributed by atoms with Crippen molar-refractivity contribution >= 4 is 0 Å². The normalized spacial score (nSPS) is 10.8. The summed E-state index contributed by atoms with van der Waals surface area (Å²) in [7, 11) is 3.52. The van der Waals surface area contributed by atoms with E-state index in [1.807, 2.05) is 13.1 Å². The van der Waals surface area contributed by atoms with Gasteiger partial charge in [-0.05, 0) is 30.8 Å². The molecule has 20 heavy (non-hydrogen) atoms. The highest BCUT2D eigenvalue weighted by Gasteiger charge is 2.12. The molecule has 0 radical (unpaired) electrons. The molecule has 1 aromatic carbocycles. The first-order valence-electron chi connectivity index (χ1n) is 6.34. The first kappa shape index (κ1) is 14.5. The van der Waals surface area contributed by atoms with Gasteiger partial charge in [0.2, 0.25) is 0 Å². The Bertz CT molecular complexity index is 561. The minimum atomic E-state index is -0.680. The number of benzene rings is 1. The van der Waals surface area contributed by atoms with Crippen LogP contribution in [0.3, 0.4) is 0 Å². The number of ether oxygens (including phenoxy) is 1. The molecule has 0 aliphatic heterocycles. The summed E-state index contributed by atoms with van der Waals surface area (Å²) in [6.45, 7) is 0.599. The van der Waals surface area contributed by atoms with Crippen LogP contribution in [0.15, 0.2) is 24.4 Å². The van der Waals surface area contributed by atoms with Crippen molar-refractivity contribution in [3.63, 3.8) is 0 Å². The van der Waals surface area contributed by atoms with Gasteiger partial charge in [0.15, 0.2) is 17.4 Å². The summed E-state index contributed by atoms with van der Waals surface area (Å²) in [6, 6.07) is 4.39. The topological polar surface area (TPSA) is 39.1 Å². The largest absolute Gasteiger partial charge is 0.487 e. The molecule has 108 valence electrons. The Kier molecular flexibility index (Phi) is 4.68. The van der Waals surface area contributed by atoms with E-state index in [1.54, 1.807) is 17.9 Å². The number of hydrogen-bond donors (Lipinski definition) is 1. The van der Waals surface area contributed by atoms with Crippen molar-refractivity contribution in [2.75, 3.05) is 13.7 Å². The van der Waals surface area contributed by atoms with E-state index in [0.29, 0.717) is 18.5 Å². The molecule has 0 aliphatic carbocycles. The van der Waals surface area contributed by atoms with Gasteiger partial charge >= 0.3 is 0 Å². The summed E-state index contributed by atoms with van der Waals surface area (Å²) in [5.41, 5.74) is 1.49. The molecule has 0 atom stereocenters. The fraction of sp³-hybridized carbons (Fsp3) is 0.357. The van der Waals surface area contributed by atoms with Crippen molar-refractivity contribution in [2.24, 2.45) is 7.05 Å². The van der Waals surface area contributed by atoms with Gasteiger partial charge in [-0.3, -0.25) is 4.68 Å². The van der Waals surface area contributed by atoms with Crippen LogP contribution in [-0.4, -0.2) is 23.4 Å². The third kappa shape index (κ3) is 3.33. The van der Waals surface area contributed by atoms with Gasteiger partial charge in [-0.1, -0.05) is 0 Å². The van der Waals surface area contributed by atoms with E-state index in [0.717, 1.165) is 5.69 Å². The predicted octanol–water partition coefficient (Wildman–Crippen LogP) is 2.04. The maximum Gasteiger partial charge on any atom is 0.190 e. The van der Waals surface area contributed by atoms with Crippen LogP contribution < -0.4 is 10.1 Å². The average Bonchev–Trinajstić information content (AvgIpc) is 2.79. The lowest BCUT2D eigenvalue weighted by atomic mass is 10.2. The number of nitrogens with one attached hydrogen (secondary N) is 1. The van der Waals surface area contributed by atoms with Crippen LogP contribution in [-0.2, 0) is 20.0 Å². The summed E-state index contributed by atoms with van der Waals surface area (Å²) in [4.78, 5) is 0. The van der Waals surface area contributed by atoms with Gasteiger partial charge in [0.1, 0.15) is 0 Å². The van der Waals surface area contributed by atoms with Crippen LogP contribution in [0.1, 0.15) is 11.3 Å². The van der Waals surface area contributed by atoms with Gasteiger partial charge in [0, 0.05) is 31.9 Å². The molecule has 0 unspecified atom stereocenters. The summed E-state index contributed by atoms with van der Waals surface area (Å²) < 4.78 is 34.5. The number of hydrogen-bond acceptors (Lipinski definition) is 3. The van der Waals surface area contributed by atoms with Gasteiger partial charge in [-0.2, -0.15) is 5.10 Å². The van der Waals surface area contributed by atoms with Crippen molar-refractivity contribution in [1.82, 2.24) is 15.1 Å². The highest BCUT2D eigenvalue weighted by molar-refractivity contribution is 5.31. The van der Waals surface area contributed by atoms with E-state index in [4.69, 9.17) is 4.74 Å². The Morgan fingerprint density at radius 2 is 2.00 bits per heavy atom. The second-order valence-electron chi connectivity index (χ2n) is 4.46. The summed E-state index contributed by atoms with van der Waals surface area (Å²) in [5.74, 6) is -1.69. The maximum atomic E-state index is 13.8. The Labute approximate surface area is 116 Å². The predicted molar refractivity (Wildman–Crippen MR) is 71.5 cm³/mol. The fourth-order valence-electron chi connectivity index (χ4n) is 1.96. The van der Waals surface area contributed by atoms with Crippen LogP contribution in [0, 0.1) is 11.6 Å². The van der Waals surface area contributed by atoms with E-state index < -0.39 is 11.6 Å². The molecule has 0 aliphatic rings. The zero-order valence-electron chi connectivity index (χ0n) is 11.5. The number of aryl methyl sites for hydroxylation is 1. The SMILES string of the molecule is CNCc1cc(F)c(OCCc2ccnn2C)c(F)c1. The first-order valence-corrected chi connectivity index (χ1v) is 6.34. The average molecular weight is 281 g/mol. The minimum Gasteiger partial charge on any atom is -0.487 e. The second kappa shape index (κ2) is 6.47. The van der Waals surface area contributed by atoms with Crippen molar-refractivity contribution < 1.29 is 13.5 Å². The standard InChI is InChI=1S/C14H17F2N3O/c1-17-9-10-7-12(15)14(13(16)8-10)20-6-4-11-3-5-18-19(11)2/h3,5,7-8,17H,4,6,9H2,1-2H3. The smallest absolute Gasteiger partial charge is 0.190 e. The van der Waals surface area contributed by atoms with Gasteiger partial charge in [-0.15, -0.1) is 0 Å². The molecule has 1 heterocycles. The molecule has 0 bridgehead atoms. The number of rotatable bonds is 6. The van der Waals surface area contributed by atoms with Crippen LogP contribution in [0.2, 0.25) is 0 Å².